The molecule has 1 amide bonds. The molecule has 0 rings (SSSR count). The zero-order valence-corrected chi connectivity index (χ0v) is 34.6. The Labute approximate surface area is 317 Å². The average Bonchev–Trinajstić information content (AvgIpc) is 3.09. The fourth-order valence-corrected chi connectivity index (χ4v) is 7.60. The molecule has 0 spiro atoms. The second-order valence-corrected chi connectivity index (χ2v) is 16.8. The zero-order chi connectivity index (χ0) is 37.5. The Morgan fingerprint density at radius 2 is 0.882 bits per heavy atom. The van der Waals surface area contributed by atoms with Gasteiger partial charge in [-0.3, -0.25) is 9.35 Å². The lowest BCUT2D eigenvalue weighted by Crippen LogP contribution is -2.47. The highest BCUT2D eigenvalue weighted by Gasteiger charge is 2.26. The lowest BCUT2D eigenvalue weighted by Gasteiger charge is -2.23. The number of carbonyl (C=O) groups excluding carboxylic acids is 1. The number of amides is 1. The number of hydrogen-bond acceptors (Lipinski definition) is 4. The van der Waals surface area contributed by atoms with Gasteiger partial charge in [-0.05, 0) is 44.9 Å². The van der Waals surface area contributed by atoms with E-state index in [0.717, 1.165) is 44.9 Å². The third-order valence-corrected chi connectivity index (χ3v) is 10.9. The molecule has 7 heteroatoms. The maximum Gasteiger partial charge on any atom is 0.266 e. The number of nitrogens with one attached hydrogen (secondary N) is 1. The highest BCUT2D eigenvalue weighted by atomic mass is 32.2. The van der Waals surface area contributed by atoms with Crippen LogP contribution >= 0.6 is 0 Å². The summed E-state index contributed by atoms with van der Waals surface area (Å²) < 4.78 is 32.6. The zero-order valence-electron chi connectivity index (χ0n) is 33.7. The van der Waals surface area contributed by atoms with Crippen LogP contribution in [-0.2, 0) is 14.9 Å². The normalized spacial score (nSPS) is 13.4. The summed E-state index contributed by atoms with van der Waals surface area (Å²) >= 11 is 0. The van der Waals surface area contributed by atoms with E-state index >= 15 is 0 Å². The predicted octanol–water partition coefficient (Wildman–Crippen LogP) is 13.1. The Balaban J connectivity index is 3.82. The van der Waals surface area contributed by atoms with Gasteiger partial charge in [0.1, 0.15) is 0 Å². The van der Waals surface area contributed by atoms with Gasteiger partial charge in [-0.15, -0.1) is 0 Å². The molecule has 0 radical (unpaired) electrons. The highest BCUT2D eigenvalue weighted by Crippen LogP contribution is 2.16. The van der Waals surface area contributed by atoms with Crippen molar-refractivity contribution in [1.29, 1.82) is 0 Å². The molecule has 0 saturated carbocycles. The van der Waals surface area contributed by atoms with E-state index in [0.29, 0.717) is 12.8 Å². The van der Waals surface area contributed by atoms with Crippen LogP contribution in [0.4, 0.5) is 0 Å². The van der Waals surface area contributed by atoms with Gasteiger partial charge in [-0.25, -0.2) is 0 Å². The van der Waals surface area contributed by atoms with E-state index in [1.54, 1.807) is 0 Å². The lowest BCUT2D eigenvalue weighted by atomic mass is 10.0. The number of unbranched alkanes of at least 4 members (excludes halogenated alkanes) is 28. The minimum atomic E-state index is -4.31. The highest BCUT2D eigenvalue weighted by molar-refractivity contribution is 7.85. The van der Waals surface area contributed by atoms with Crippen LogP contribution in [0.1, 0.15) is 232 Å². The molecule has 0 aliphatic rings. The predicted molar refractivity (Wildman–Crippen MR) is 221 cm³/mol. The molecule has 6 nitrogen and oxygen atoms in total. The van der Waals surface area contributed by atoms with Crippen LogP contribution in [0.2, 0.25) is 0 Å². The van der Waals surface area contributed by atoms with Crippen LogP contribution in [0.25, 0.3) is 0 Å². The molecule has 0 fully saturated rings. The van der Waals surface area contributed by atoms with Crippen LogP contribution in [0.3, 0.4) is 0 Å². The number of hydrogen-bond donors (Lipinski definition) is 3. The van der Waals surface area contributed by atoms with E-state index in [-0.39, 0.29) is 5.91 Å². The van der Waals surface area contributed by atoms with Crippen molar-refractivity contribution in [2.45, 2.75) is 244 Å². The maximum absolute atomic E-state index is 12.6. The Hall–Kier alpha value is -1.18. The van der Waals surface area contributed by atoms with Crippen molar-refractivity contribution in [1.82, 2.24) is 5.32 Å². The molecular weight excluding hydrogens is 655 g/mol. The fraction of sp³-hybridized carbons (Fsp3) is 0.886. The van der Waals surface area contributed by atoms with Gasteiger partial charge in [-0.1, -0.05) is 205 Å². The van der Waals surface area contributed by atoms with Crippen molar-refractivity contribution < 1.29 is 22.9 Å². The van der Waals surface area contributed by atoms with Gasteiger partial charge in [-0.2, -0.15) is 8.42 Å². The van der Waals surface area contributed by atoms with Crippen molar-refractivity contribution in [3.63, 3.8) is 0 Å². The first-order valence-corrected chi connectivity index (χ1v) is 23.6. The molecule has 0 aromatic carbocycles. The van der Waals surface area contributed by atoms with Crippen LogP contribution < -0.4 is 5.32 Å². The molecule has 0 heterocycles. The van der Waals surface area contributed by atoms with Gasteiger partial charge in [0.05, 0.1) is 17.9 Å². The summed E-state index contributed by atoms with van der Waals surface area (Å²) in [5.74, 6) is -0.895. The quantitative estimate of drug-likeness (QED) is 0.0330. The van der Waals surface area contributed by atoms with Crippen molar-refractivity contribution in [3.8, 4) is 0 Å². The van der Waals surface area contributed by atoms with Crippen molar-refractivity contribution in [2.75, 3.05) is 5.75 Å². The van der Waals surface area contributed by atoms with Crippen molar-refractivity contribution in [2.24, 2.45) is 0 Å². The van der Waals surface area contributed by atoms with Gasteiger partial charge < -0.3 is 10.4 Å². The van der Waals surface area contributed by atoms with E-state index in [4.69, 9.17) is 0 Å². The summed E-state index contributed by atoms with van der Waals surface area (Å²) in [6, 6.07) is -0.971. The van der Waals surface area contributed by atoms with Gasteiger partial charge in [0.15, 0.2) is 0 Å². The minimum absolute atomic E-state index is 0.248. The Morgan fingerprint density at radius 3 is 1.27 bits per heavy atom. The topological polar surface area (TPSA) is 104 Å². The first-order chi connectivity index (χ1) is 24.8. The molecule has 2 unspecified atom stereocenters. The van der Waals surface area contributed by atoms with E-state index in [1.807, 2.05) is 0 Å². The second kappa shape index (κ2) is 38.5. The Bertz CT molecular complexity index is 903. The van der Waals surface area contributed by atoms with Gasteiger partial charge in [0.25, 0.3) is 10.1 Å². The number of carbonyl (C=O) groups is 1. The number of rotatable bonds is 40. The summed E-state index contributed by atoms with van der Waals surface area (Å²) in [6.07, 6.45) is 48.4. The third kappa shape index (κ3) is 39.9. The van der Waals surface area contributed by atoms with E-state index < -0.39 is 28.0 Å². The summed E-state index contributed by atoms with van der Waals surface area (Å²) in [4.78, 5) is 12.6. The smallest absolute Gasteiger partial charge is 0.266 e. The van der Waals surface area contributed by atoms with Crippen LogP contribution in [0.5, 0.6) is 0 Å². The van der Waals surface area contributed by atoms with Crippen LogP contribution in [0, 0.1) is 0 Å². The average molecular weight is 740 g/mol. The lowest BCUT2D eigenvalue weighted by molar-refractivity contribution is -0.122. The number of aliphatic hydroxyl groups is 1. The molecule has 51 heavy (non-hydrogen) atoms. The molecule has 3 N–H and O–H groups in total. The largest absolute Gasteiger partial charge is 0.391 e. The van der Waals surface area contributed by atoms with Gasteiger partial charge in [0, 0.05) is 6.42 Å². The number of allylic oxidation sites excluding steroid dienone is 4. The molecule has 0 bridgehead atoms. The Kier molecular flexibility index (Phi) is 37.6. The van der Waals surface area contributed by atoms with Gasteiger partial charge >= 0.3 is 0 Å². The van der Waals surface area contributed by atoms with Crippen LogP contribution in [0.15, 0.2) is 24.3 Å². The third-order valence-electron chi connectivity index (χ3n) is 10.2. The summed E-state index contributed by atoms with van der Waals surface area (Å²) in [6.45, 7) is 4.52. The molecule has 302 valence electrons. The molecule has 0 aliphatic carbocycles. The summed E-state index contributed by atoms with van der Waals surface area (Å²) in [5.41, 5.74) is 0. The monoisotopic (exact) mass is 740 g/mol. The number of aliphatic hydroxyl groups excluding tert-OH is 1. The van der Waals surface area contributed by atoms with E-state index in [9.17, 15) is 22.9 Å². The van der Waals surface area contributed by atoms with E-state index in [2.05, 4.69) is 43.5 Å². The maximum atomic E-state index is 12.6. The van der Waals surface area contributed by atoms with E-state index in [1.165, 1.54) is 161 Å². The van der Waals surface area contributed by atoms with Gasteiger partial charge in [0.2, 0.25) is 5.91 Å². The molecule has 0 aromatic rings. The Morgan fingerprint density at radius 1 is 0.529 bits per heavy atom. The molecule has 0 aromatic heterocycles. The van der Waals surface area contributed by atoms with Crippen molar-refractivity contribution in [3.05, 3.63) is 24.3 Å². The second-order valence-electron chi connectivity index (χ2n) is 15.3. The SMILES string of the molecule is CCCCCCC/C=C\C/C=C\CCCCCCCCCCCC(=O)NC(CS(=O)(=O)O)C(O)CCCCCCCCCCCCCCCCC. The fourth-order valence-electron chi connectivity index (χ4n) is 6.84. The molecule has 0 saturated heterocycles. The molecular formula is C44H85NO5S. The summed E-state index contributed by atoms with van der Waals surface area (Å²) in [5, 5.41) is 13.4. The summed E-state index contributed by atoms with van der Waals surface area (Å²) in [7, 11) is -4.31. The molecule has 0 aliphatic heterocycles. The van der Waals surface area contributed by atoms with Crippen LogP contribution in [-0.4, -0.2) is 41.9 Å². The van der Waals surface area contributed by atoms with Crippen molar-refractivity contribution >= 4 is 16.0 Å². The minimum Gasteiger partial charge on any atom is -0.391 e. The first-order valence-electron chi connectivity index (χ1n) is 22.0. The molecule has 2 atom stereocenters. The first kappa shape index (κ1) is 49.8. The standard InChI is InChI=1S/C44H85NO5S/c1-3-5-7-9-11-13-15-17-19-20-21-22-23-24-26-28-30-32-34-36-38-40-44(47)45-42(41-51(48,49)50)43(46)39-37-35-33-31-29-27-25-18-16-14-12-10-8-6-4-2/h15,17,20-21,42-43,46H,3-14,16,18-19,22-41H2,1-2H3,(H,45,47)(H,48,49,50)/b17-15-,21-20-.